The van der Waals surface area contributed by atoms with Gasteiger partial charge in [-0.2, -0.15) is 0 Å². The van der Waals surface area contributed by atoms with E-state index in [1.165, 1.54) is 0 Å². The summed E-state index contributed by atoms with van der Waals surface area (Å²) in [6.07, 6.45) is 5.15. The van der Waals surface area contributed by atoms with Crippen LogP contribution in [-0.4, -0.2) is 44.4 Å². The molecule has 1 N–H and O–H groups in total. The van der Waals surface area contributed by atoms with E-state index in [0.29, 0.717) is 6.61 Å². The van der Waals surface area contributed by atoms with Crippen LogP contribution in [0.4, 0.5) is 0 Å². The third-order valence-corrected chi connectivity index (χ3v) is 2.56. The Kier molecular flexibility index (Phi) is 14.8. The van der Waals surface area contributed by atoms with E-state index in [4.69, 9.17) is 14.2 Å². The maximum absolute atomic E-state index is 9.33. The van der Waals surface area contributed by atoms with Gasteiger partial charge < -0.3 is 19.3 Å². The van der Waals surface area contributed by atoms with E-state index in [1.54, 1.807) is 0 Å². The highest BCUT2D eigenvalue weighted by Gasteiger charge is 2.00. The van der Waals surface area contributed by atoms with Crippen LogP contribution in [0.15, 0.2) is 0 Å². The number of hydrogen-bond donors (Lipinski definition) is 1. The van der Waals surface area contributed by atoms with Crippen molar-refractivity contribution in [3.05, 3.63) is 0 Å². The number of hydrogen-bond acceptors (Lipinski definition) is 4. The minimum Gasteiger partial charge on any atom is -0.382 e. The van der Waals surface area contributed by atoms with Crippen LogP contribution in [0.1, 0.15) is 52.4 Å². The molecule has 4 heteroatoms. The van der Waals surface area contributed by atoms with Crippen LogP contribution in [0.3, 0.4) is 0 Å². The number of aliphatic hydroxyl groups excluding tert-OH is 1. The van der Waals surface area contributed by atoms with Crippen LogP contribution in [0.25, 0.3) is 0 Å². The normalized spacial score (nSPS) is 12.8. The number of rotatable bonds is 14. The van der Waals surface area contributed by atoms with Gasteiger partial charge in [-0.15, -0.1) is 0 Å². The highest BCUT2D eigenvalue weighted by molar-refractivity contribution is 4.43. The van der Waals surface area contributed by atoms with Crippen LogP contribution < -0.4 is 0 Å². The van der Waals surface area contributed by atoms with E-state index in [1.807, 2.05) is 13.8 Å². The van der Waals surface area contributed by atoms with Gasteiger partial charge in [-0.25, -0.2) is 0 Å². The first-order chi connectivity index (χ1) is 8.81. The Morgan fingerprint density at radius 1 is 0.833 bits per heavy atom. The standard InChI is InChI=1S/C14H30O4/c1-3-9-14(15)18-13-8-7-12-17-11-6-5-10-16-4-2/h14-15H,3-13H2,1-2H3. The molecule has 4 nitrogen and oxygen atoms in total. The molecule has 110 valence electrons. The second-order valence-electron chi connectivity index (χ2n) is 4.34. The summed E-state index contributed by atoms with van der Waals surface area (Å²) in [7, 11) is 0. The lowest BCUT2D eigenvalue weighted by Gasteiger charge is -2.10. The smallest absolute Gasteiger partial charge is 0.154 e. The summed E-state index contributed by atoms with van der Waals surface area (Å²) >= 11 is 0. The molecule has 0 aromatic carbocycles. The predicted molar refractivity (Wildman–Crippen MR) is 72.6 cm³/mol. The van der Waals surface area contributed by atoms with Gasteiger partial charge >= 0.3 is 0 Å². The monoisotopic (exact) mass is 262 g/mol. The van der Waals surface area contributed by atoms with Gasteiger partial charge in [0.1, 0.15) is 0 Å². The zero-order valence-electron chi connectivity index (χ0n) is 12.0. The second kappa shape index (κ2) is 14.9. The zero-order valence-corrected chi connectivity index (χ0v) is 12.0. The van der Waals surface area contributed by atoms with Gasteiger partial charge in [-0.1, -0.05) is 13.3 Å². The number of ether oxygens (including phenoxy) is 3. The fraction of sp³-hybridized carbons (Fsp3) is 1.00. The Morgan fingerprint density at radius 3 is 1.94 bits per heavy atom. The van der Waals surface area contributed by atoms with Gasteiger partial charge in [-0.3, -0.25) is 0 Å². The maximum atomic E-state index is 9.33. The van der Waals surface area contributed by atoms with Gasteiger partial charge in [0.2, 0.25) is 0 Å². The molecule has 1 atom stereocenters. The summed E-state index contributed by atoms with van der Waals surface area (Å²) in [4.78, 5) is 0. The summed E-state index contributed by atoms with van der Waals surface area (Å²) in [5.41, 5.74) is 0. The summed E-state index contributed by atoms with van der Waals surface area (Å²) in [5.74, 6) is 0. The summed E-state index contributed by atoms with van der Waals surface area (Å²) in [5, 5.41) is 9.33. The Bertz CT molecular complexity index is 153. The van der Waals surface area contributed by atoms with Gasteiger partial charge in [0.15, 0.2) is 6.29 Å². The average molecular weight is 262 g/mol. The van der Waals surface area contributed by atoms with Gasteiger partial charge in [0, 0.05) is 33.0 Å². The first kappa shape index (κ1) is 17.8. The Balaban J connectivity index is 2.98. The number of aliphatic hydroxyl groups is 1. The molecule has 1 unspecified atom stereocenters. The molecule has 0 aromatic rings. The Morgan fingerprint density at radius 2 is 1.39 bits per heavy atom. The van der Waals surface area contributed by atoms with Crippen LogP contribution in [-0.2, 0) is 14.2 Å². The fourth-order valence-corrected chi connectivity index (χ4v) is 1.51. The molecular weight excluding hydrogens is 232 g/mol. The third-order valence-electron chi connectivity index (χ3n) is 2.56. The van der Waals surface area contributed by atoms with Crippen molar-refractivity contribution in [2.24, 2.45) is 0 Å². The maximum Gasteiger partial charge on any atom is 0.154 e. The van der Waals surface area contributed by atoms with Crippen molar-refractivity contribution in [3.63, 3.8) is 0 Å². The lowest BCUT2D eigenvalue weighted by Crippen LogP contribution is -2.12. The molecule has 0 aliphatic carbocycles. The molecule has 0 radical (unpaired) electrons. The van der Waals surface area contributed by atoms with Crippen molar-refractivity contribution in [3.8, 4) is 0 Å². The summed E-state index contributed by atoms with van der Waals surface area (Å²) in [6, 6.07) is 0. The third kappa shape index (κ3) is 13.9. The number of unbranched alkanes of at least 4 members (excludes halogenated alkanes) is 2. The average Bonchev–Trinajstić information content (AvgIpc) is 2.36. The molecule has 18 heavy (non-hydrogen) atoms. The van der Waals surface area contributed by atoms with Crippen LogP contribution in [0.2, 0.25) is 0 Å². The SMILES string of the molecule is CCCC(O)OCCCCOCCCCOCC. The molecule has 0 rings (SSSR count). The lowest BCUT2D eigenvalue weighted by molar-refractivity contribution is -0.104. The summed E-state index contributed by atoms with van der Waals surface area (Å²) < 4.78 is 16.0. The first-order valence-corrected chi connectivity index (χ1v) is 7.26. The molecular formula is C14H30O4. The molecule has 0 aromatic heterocycles. The topological polar surface area (TPSA) is 47.9 Å². The molecule has 0 fully saturated rings. The van der Waals surface area contributed by atoms with Crippen LogP contribution in [0, 0.1) is 0 Å². The molecule has 0 aliphatic rings. The van der Waals surface area contributed by atoms with Crippen molar-refractivity contribution in [1.82, 2.24) is 0 Å². The van der Waals surface area contributed by atoms with E-state index in [2.05, 4.69) is 0 Å². The van der Waals surface area contributed by atoms with Crippen molar-refractivity contribution in [1.29, 1.82) is 0 Å². The minimum atomic E-state index is -0.588. The van der Waals surface area contributed by atoms with Crippen molar-refractivity contribution >= 4 is 0 Å². The van der Waals surface area contributed by atoms with Gasteiger partial charge in [-0.05, 0) is 39.0 Å². The lowest BCUT2D eigenvalue weighted by atomic mass is 10.3. The van der Waals surface area contributed by atoms with E-state index in [9.17, 15) is 5.11 Å². The van der Waals surface area contributed by atoms with E-state index in [-0.39, 0.29) is 0 Å². The Labute approximate surface area is 112 Å². The first-order valence-electron chi connectivity index (χ1n) is 7.26. The Hall–Kier alpha value is -0.160. The highest BCUT2D eigenvalue weighted by Crippen LogP contribution is 2.00. The fourth-order valence-electron chi connectivity index (χ4n) is 1.51. The van der Waals surface area contributed by atoms with Gasteiger partial charge in [0.25, 0.3) is 0 Å². The van der Waals surface area contributed by atoms with Crippen LogP contribution >= 0.6 is 0 Å². The molecule has 0 heterocycles. The predicted octanol–water partition coefficient (Wildman–Crippen LogP) is 2.74. The van der Waals surface area contributed by atoms with E-state index in [0.717, 1.165) is 65.0 Å². The van der Waals surface area contributed by atoms with E-state index < -0.39 is 6.29 Å². The highest BCUT2D eigenvalue weighted by atomic mass is 16.6. The molecule has 0 amide bonds. The molecule has 0 saturated carbocycles. The largest absolute Gasteiger partial charge is 0.382 e. The molecule has 0 spiro atoms. The van der Waals surface area contributed by atoms with Gasteiger partial charge in [0.05, 0.1) is 0 Å². The zero-order chi connectivity index (χ0) is 13.5. The van der Waals surface area contributed by atoms with Crippen molar-refractivity contribution in [2.45, 2.75) is 58.7 Å². The quantitative estimate of drug-likeness (QED) is 0.386. The van der Waals surface area contributed by atoms with Crippen LogP contribution in [0.5, 0.6) is 0 Å². The van der Waals surface area contributed by atoms with E-state index >= 15 is 0 Å². The summed E-state index contributed by atoms with van der Waals surface area (Å²) in [6.45, 7) is 7.89. The van der Waals surface area contributed by atoms with Crippen molar-refractivity contribution < 1.29 is 19.3 Å². The van der Waals surface area contributed by atoms with Crippen molar-refractivity contribution in [2.75, 3.05) is 33.0 Å². The molecule has 0 bridgehead atoms. The molecule has 0 saturated heterocycles. The molecule has 0 aliphatic heterocycles. The second-order valence-corrected chi connectivity index (χ2v) is 4.34. The minimum absolute atomic E-state index is 0.588.